The van der Waals surface area contributed by atoms with Crippen molar-refractivity contribution in [2.45, 2.75) is 44.0 Å². The summed E-state index contributed by atoms with van der Waals surface area (Å²) in [5.41, 5.74) is 3.37. The van der Waals surface area contributed by atoms with Gasteiger partial charge in [-0.1, -0.05) is 0 Å². The number of nitrogens with one attached hydrogen (secondary N) is 2. The Bertz CT molecular complexity index is 986. The first-order chi connectivity index (χ1) is 13.3. The van der Waals surface area contributed by atoms with Crippen molar-refractivity contribution in [2.24, 2.45) is 0 Å². The first-order valence-electron chi connectivity index (χ1n) is 9.14. The number of aromatic nitrogens is 2. The molecule has 28 heavy (non-hydrogen) atoms. The minimum Gasteiger partial charge on any atom is -0.331 e. The molecule has 1 atom stereocenters. The second-order valence-corrected chi connectivity index (χ2v) is 8.60. The van der Waals surface area contributed by atoms with Crippen molar-refractivity contribution in [3.05, 3.63) is 46.8 Å². The molecule has 3 rings (SSSR count). The summed E-state index contributed by atoms with van der Waals surface area (Å²) >= 11 is 0. The molecule has 1 aromatic carbocycles. The highest BCUT2D eigenvalue weighted by Crippen LogP contribution is 2.35. The fourth-order valence-electron chi connectivity index (χ4n) is 3.63. The van der Waals surface area contributed by atoms with Crippen LogP contribution < -0.4 is 4.72 Å². The number of aryl methyl sites for hydroxylation is 2. The molecule has 0 bridgehead atoms. The predicted octanol–water partition coefficient (Wildman–Crippen LogP) is 2.20. The number of sulfonamides is 1. The van der Waals surface area contributed by atoms with Crippen LogP contribution in [0.4, 0.5) is 0 Å². The molecule has 148 valence electrons. The van der Waals surface area contributed by atoms with Gasteiger partial charge in [-0.05, 0) is 51.0 Å². The van der Waals surface area contributed by atoms with E-state index in [1.165, 1.54) is 24.3 Å². The van der Waals surface area contributed by atoms with Crippen LogP contribution in [-0.2, 0) is 10.0 Å². The van der Waals surface area contributed by atoms with Crippen LogP contribution in [0, 0.1) is 25.2 Å². The smallest absolute Gasteiger partial charge is 0.254 e. The highest BCUT2D eigenvalue weighted by atomic mass is 32.2. The van der Waals surface area contributed by atoms with Crippen molar-refractivity contribution in [1.29, 1.82) is 5.26 Å². The van der Waals surface area contributed by atoms with Crippen LogP contribution in [0.1, 0.15) is 52.6 Å². The minimum atomic E-state index is -3.69. The van der Waals surface area contributed by atoms with Gasteiger partial charge >= 0.3 is 0 Å². The van der Waals surface area contributed by atoms with Crippen LogP contribution >= 0.6 is 0 Å². The van der Waals surface area contributed by atoms with Gasteiger partial charge in [-0.3, -0.25) is 9.89 Å². The van der Waals surface area contributed by atoms with Crippen LogP contribution in [-0.4, -0.2) is 42.5 Å². The number of nitrogens with zero attached hydrogens (tertiary/aromatic N) is 3. The van der Waals surface area contributed by atoms with E-state index in [0.29, 0.717) is 12.1 Å². The van der Waals surface area contributed by atoms with Crippen molar-refractivity contribution in [1.82, 2.24) is 19.8 Å². The normalized spacial score (nSPS) is 16.9. The largest absolute Gasteiger partial charge is 0.331 e. The second-order valence-electron chi connectivity index (χ2n) is 6.83. The Morgan fingerprint density at radius 1 is 1.36 bits per heavy atom. The molecule has 9 heteroatoms. The molecule has 0 saturated carbocycles. The molecule has 1 aromatic heterocycles. The number of H-pyrrole nitrogens is 1. The molecule has 2 heterocycles. The summed E-state index contributed by atoms with van der Waals surface area (Å²) < 4.78 is 26.8. The van der Waals surface area contributed by atoms with Gasteiger partial charge < -0.3 is 4.90 Å². The zero-order chi connectivity index (χ0) is 20.3. The number of likely N-dealkylation sites (tertiary alicyclic amines) is 1. The van der Waals surface area contributed by atoms with Crippen LogP contribution in [0.2, 0.25) is 0 Å². The zero-order valence-corrected chi connectivity index (χ0v) is 16.7. The van der Waals surface area contributed by atoms with Gasteiger partial charge in [-0.15, -0.1) is 0 Å². The first kappa shape index (κ1) is 20.0. The Labute approximate surface area is 164 Å². The maximum Gasteiger partial charge on any atom is 0.254 e. The quantitative estimate of drug-likeness (QED) is 0.719. The van der Waals surface area contributed by atoms with Crippen molar-refractivity contribution < 1.29 is 13.2 Å². The van der Waals surface area contributed by atoms with Crippen molar-refractivity contribution in [3.63, 3.8) is 0 Å². The summed E-state index contributed by atoms with van der Waals surface area (Å²) in [6.07, 6.45) is 1.89. The van der Waals surface area contributed by atoms with Gasteiger partial charge in [-0.2, -0.15) is 10.4 Å². The lowest BCUT2D eigenvalue weighted by Crippen LogP contribution is -2.31. The number of rotatable bonds is 6. The average molecular weight is 401 g/mol. The Morgan fingerprint density at radius 2 is 2.07 bits per heavy atom. The molecule has 0 radical (unpaired) electrons. The van der Waals surface area contributed by atoms with E-state index in [2.05, 4.69) is 14.9 Å². The second kappa shape index (κ2) is 8.12. The molecule has 1 amide bonds. The number of hydrogen-bond acceptors (Lipinski definition) is 5. The van der Waals surface area contributed by atoms with Crippen molar-refractivity contribution >= 4 is 15.9 Å². The lowest BCUT2D eigenvalue weighted by molar-refractivity contribution is 0.0735. The van der Waals surface area contributed by atoms with Crippen molar-refractivity contribution in [3.8, 4) is 6.07 Å². The van der Waals surface area contributed by atoms with E-state index in [0.717, 1.165) is 29.8 Å². The molecule has 1 aliphatic rings. The van der Waals surface area contributed by atoms with Crippen molar-refractivity contribution in [2.75, 3.05) is 13.1 Å². The van der Waals surface area contributed by atoms with Crippen LogP contribution in [0.15, 0.2) is 29.2 Å². The van der Waals surface area contributed by atoms with Crippen LogP contribution in [0.3, 0.4) is 0 Å². The third-order valence-corrected chi connectivity index (χ3v) is 6.45. The molecule has 1 fully saturated rings. The number of aromatic amines is 1. The molecule has 0 spiro atoms. The van der Waals surface area contributed by atoms with E-state index in [9.17, 15) is 13.2 Å². The summed E-state index contributed by atoms with van der Waals surface area (Å²) in [6, 6.07) is 7.76. The van der Waals surface area contributed by atoms with E-state index >= 15 is 0 Å². The van der Waals surface area contributed by atoms with Gasteiger partial charge in [-0.25, -0.2) is 13.1 Å². The Hall–Kier alpha value is -2.70. The highest BCUT2D eigenvalue weighted by molar-refractivity contribution is 7.89. The summed E-state index contributed by atoms with van der Waals surface area (Å²) in [6.45, 7) is 4.59. The third-order valence-electron chi connectivity index (χ3n) is 4.97. The van der Waals surface area contributed by atoms with E-state index in [1.807, 2.05) is 24.8 Å². The molecular weight excluding hydrogens is 378 g/mol. The standard InChI is InChI=1S/C19H23N5O3S/c1-13-18(14(2)23-22-13)17-5-3-12-24(17)19(25)15-6-8-16(9-7-15)28(26,27)21-11-4-10-20/h6-9,17,21H,3-5,11-12H2,1-2H3,(H,22,23)/t17-/m1/s1. The zero-order valence-electron chi connectivity index (χ0n) is 15.9. The molecule has 1 saturated heterocycles. The molecule has 1 aliphatic heterocycles. The predicted molar refractivity (Wildman–Crippen MR) is 103 cm³/mol. The average Bonchev–Trinajstić information content (AvgIpc) is 3.27. The lowest BCUT2D eigenvalue weighted by Gasteiger charge is -2.25. The topological polar surface area (TPSA) is 119 Å². The Morgan fingerprint density at radius 3 is 2.68 bits per heavy atom. The SMILES string of the molecule is Cc1n[nH]c(C)c1[C@H]1CCCN1C(=O)c1ccc(S(=O)(=O)NCCC#N)cc1. The van der Waals surface area contributed by atoms with Gasteiger partial charge in [0.05, 0.1) is 22.7 Å². The number of nitriles is 1. The fourth-order valence-corrected chi connectivity index (χ4v) is 4.66. The van der Waals surface area contributed by atoms with Gasteiger partial charge in [0.15, 0.2) is 0 Å². The van der Waals surface area contributed by atoms with Gasteiger partial charge in [0.1, 0.15) is 0 Å². The number of carbonyl (C=O) groups is 1. The van der Waals surface area contributed by atoms with Gasteiger partial charge in [0.2, 0.25) is 10.0 Å². The molecule has 2 N–H and O–H groups in total. The fraction of sp³-hybridized carbons (Fsp3) is 0.421. The summed E-state index contributed by atoms with van der Waals surface area (Å²) in [4.78, 5) is 14.9. The number of carbonyl (C=O) groups excluding carboxylic acids is 1. The third kappa shape index (κ3) is 3.93. The molecule has 2 aromatic rings. The first-order valence-corrected chi connectivity index (χ1v) is 10.6. The monoisotopic (exact) mass is 401 g/mol. The number of amides is 1. The molecule has 0 unspecified atom stereocenters. The maximum atomic E-state index is 13.0. The summed E-state index contributed by atoms with van der Waals surface area (Å²) in [7, 11) is -3.69. The Kier molecular flexibility index (Phi) is 5.82. The maximum absolute atomic E-state index is 13.0. The highest BCUT2D eigenvalue weighted by Gasteiger charge is 2.33. The minimum absolute atomic E-state index is 0.0256. The number of benzene rings is 1. The van der Waals surface area contributed by atoms with Gasteiger partial charge in [0.25, 0.3) is 5.91 Å². The molecule has 8 nitrogen and oxygen atoms in total. The van der Waals surface area contributed by atoms with E-state index in [-0.39, 0.29) is 29.8 Å². The lowest BCUT2D eigenvalue weighted by atomic mass is 10.0. The number of hydrogen-bond donors (Lipinski definition) is 2. The van der Waals surface area contributed by atoms with E-state index in [4.69, 9.17) is 5.26 Å². The molecular formula is C19H23N5O3S. The molecule has 0 aliphatic carbocycles. The van der Waals surface area contributed by atoms with Crippen LogP contribution in [0.5, 0.6) is 0 Å². The Balaban J connectivity index is 1.78. The summed E-state index contributed by atoms with van der Waals surface area (Å²) in [5, 5.41) is 15.7. The van der Waals surface area contributed by atoms with E-state index in [1.54, 1.807) is 0 Å². The van der Waals surface area contributed by atoms with Crippen LogP contribution in [0.25, 0.3) is 0 Å². The van der Waals surface area contributed by atoms with Gasteiger partial charge in [0, 0.05) is 36.3 Å². The summed E-state index contributed by atoms with van der Waals surface area (Å²) in [5.74, 6) is -0.121. The van der Waals surface area contributed by atoms with E-state index < -0.39 is 10.0 Å².